The first-order valence-corrected chi connectivity index (χ1v) is 5.34. The van der Waals surface area contributed by atoms with Crippen molar-refractivity contribution in [1.82, 2.24) is 0 Å². The Hall–Kier alpha value is -2.10. The summed E-state index contributed by atoms with van der Waals surface area (Å²) in [7, 11) is 0. The van der Waals surface area contributed by atoms with Crippen LogP contribution in [-0.4, -0.2) is 17.0 Å². The van der Waals surface area contributed by atoms with E-state index in [0.29, 0.717) is 5.69 Å². The van der Waals surface area contributed by atoms with Gasteiger partial charge >= 0.3 is 5.97 Å². The Kier molecular flexibility index (Phi) is 4.46. The second-order valence-corrected chi connectivity index (χ2v) is 3.67. The molecule has 0 fully saturated rings. The molecule has 90 valence electrons. The monoisotopic (exact) mass is 233 g/mol. The number of benzene rings is 1. The van der Waals surface area contributed by atoms with Crippen LogP contribution in [0.2, 0.25) is 0 Å². The molecule has 0 aliphatic heterocycles. The predicted molar refractivity (Wildman–Crippen MR) is 65.8 cm³/mol. The Morgan fingerprint density at radius 3 is 2.35 bits per heavy atom. The molecule has 0 unspecified atom stereocenters. The summed E-state index contributed by atoms with van der Waals surface area (Å²) >= 11 is 0. The minimum absolute atomic E-state index is 0.164. The number of hydrogen-bond donors (Lipinski definition) is 2. The van der Waals surface area contributed by atoms with E-state index in [2.05, 4.69) is 5.32 Å². The van der Waals surface area contributed by atoms with Crippen molar-refractivity contribution < 1.29 is 14.7 Å². The molecule has 0 aliphatic rings. The third-order valence-electron chi connectivity index (χ3n) is 2.32. The molecule has 4 heteroatoms. The summed E-state index contributed by atoms with van der Waals surface area (Å²) in [5, 5.41) is 11.1. The van der Waals surface area contributed by atoms with Crippen LogP contribution < -0.4 is 5.32 Å². The summed E-state index contributed by atoms with van der Waals surface area (Å²) in [6.07, 6.45) is 1.82. The summed E-state index contributed by atoms with van der Waals surface area (Å²) in [5.74, 6) is -1.53. The number of amides is 1. The van der Waals surface area contributed by atoms with Crippen molar-refractivity contribution >= 4 is 17.6 Å². The first-order valence-electron chi connectivity index (χ1n) is 5.34. The Labute approximate surface area is 100.0 Å². The van der Waals surface area contributed by atoms with Crippen molar-refractivity contribution in [1.29, 1.82) is 0 Å². The second-order valence-electron chi connectivity index (χ2n) is 3.67. The van der Waals surface area contributed by atoms with Gasteiger partial charge in [0.15, 0.2) is 0 Å². The van der Waals surface area contributed by atoms with E-state index in [1.165, 1.54) is 12.5 Å². The van der Waals surface area contributed by atoms with E-state index in [1.807, 2.05) is 19.1 Å². The lowest BCUT2D eigenvalue weighted by molar-refractivity contribution is -0.131. The van der Waals surface area contributed by atoms with Crippen LogP contribution in [0.25, 0.3) is 0 Å². The molecule has 0 radical (unpaired) electrons. The number of rotatable bonds is 4. The van der Waals surface area contributed by atoms with Crippen molar-refractivity contribution in [3.05, 3.63) is 41.5 Å². The maximum Gasteiger partial charge on any atom is 0.328 e. The van der Waals surface area contributed by atoms with E-state index in [1.54, 1.807) is 12.1 Å². The minimum atomic E-state index is -1.13. The molecule has 4 nitrogen and oxygen atoms in total. The molecule has 1 rings (SSSR count). The molecular weight excluding hydrogens is 218 g/mol. The summed E-state index contributed by atoms with van der Waals surface area (Å²) in [5.41, 5.74) is 2.00. The van der Waals surface area contributed by atoms with E-state index in [-0.39, 0.29) is 5.57 Å². The fraction of sp³-hybridized carbons (Fsp3) is 0.231. The number of aliphatic carboxylic acids is 1. The van der Waals surface area contributed by atoms with E-state index in [4.69, 9.17) is 5.11 Å². The average Bonchev–Trinajstić information content (AvgIpc) is 2.29. The standard InChI is InChI=1S/C13H15NO3/c1-3-10-4-6-11(7-5-10)14-13(17)9(2)8-12(15)16/h4-8H,3H2,1-2H3,(H,14,17)(H,15,16)/b9-8+. The lowest BCUT2D eigenvalue weighted by Gasteiger charge is -2.05. The van der Waals surface area contributed by atoms with Gasteiger partial charge in [-0.15, -0.1) is 0 Å². The minimum Gasteiger partial charge on any atom is -0.478 e. The van der Waals surface area contributed by atoms with E-state index >= 15 is 0 Å². The van der Waals surface area contributed by atoms with Gasteiger partial charge in [0.25, 0.3) is 5.91 Å². The fourth-order valence-electron chi connectivity index (χ4n) is 1.30. The zero-order valence-electron chi connectivity index (χ0n) is 9.86. The molecule has 0 saturated heterocycles. The van der Waals surface area contributed by atoms with Crippen molar-refractivity contribution in [3.63, 3.8) is 0 Å². The SMILES string of the molecule is CCc1ccc(NC(=O)/C(C)=C/C(=O)O)cc1. The number of carboxylic acid groups (broad SMARTS) is 1. The Morgan fingerprint density at radius 2 is 1.88 bits per heavy atom. The number of nitrogens with one attached hydrogen (secondary N) is 1. The molecular formula is C13H15NO3. The molecule has 0 saturated carbocycles. The zero-order chi connectivity index (χ0) is 12.8. The maximum atomic E-state index is 11.6. The Morgan fingerprint density at radius 1 is 1.29 bits per heavy atom. The summed E-state index contributed by atoms with van der Waals surface area (Å²) < 4.78 is 0. The molecule has 0 heterocycles. The molecule has 1 aromatic carbocycles. The van der Waals surface area contributed by atoms with Crippen LogP contribution >= 0.6 is 0 Å². The number of carbonyl (C=O) groups is 2. The summed E-state index contributed by atoms with van der Waals surface area (Å²) in [4.78, 5) is 22.0. The average molecular weight is 233 g/mol. The highest BCUT2D eigenvalue weighted by Gasteiger charge is 2.06. The van der Waals surface area contributed by atoms with Crippen LogP contribution in [0.3, 0.4) is 0 Å². The number of carbonyl (C=O) groups excluding carboxylic acids is 1. The first kappa shape index (κ1) is 13.0. The number of anilines is 1. The van der Waals surface area contributed by atoms with Gasteiger partial charge in [-0.25, -0.2) is 4.79 Å². The lowest BCUT2D eigenvalue weighted by atomic mass is 10.1. The molecule has 0 aliphatic carbocycles. The molecule has 1 aromatic rings. The number of carboxylic acids is 1. The van der Waals surface area contributed by atoms with E-state index in [0.717, 1.165) is 12.5 Å². The van der Waals surface area contributed by atoms with Gasteiger partial charge in [-0.2, -0.15) is 0 Å². The number of aryl methyl sites for hydroxylation is 1. The van der Waals surface area contributed by atoms with Gasteiger partial charge in [0.2, 0.25) is 0 Å². The van der Waals surface area contributed by atoms with Crippen molar-refractivity contribution in [2.75, 3.05) is 5.32 Å². The molecule has 2 N–H and O–H groups in total. The molecule has 0 bridgehead atoms. The number of hydrogen-bond acceptors (Lipinski definition) is 2. The maximum absolute atomic E-state index is 11.6. The van der Waals surface area contributed by atoms with Gasteiger partial charge < -0.3 is 10.4 Å². The molecule has 1 amide bonds. The quantitative estimate of drug-likeness (QED) is 0.783. The highest BCUT2D eigenvalue weighted by atomic mass is 16.4. The van der Waals surface area contributed by atoms with Crippen LogP contribution in [0, 0.1) is 0 Å². The van der Waals surface area contributed by atoms with Crippen LogP contribution in [0.1, 0.15) is 19.4 Å². The normalized spacial score (nSPS) is 11.1. The third-order valence-corrected chi connectivity index (χ3v) is 2.32. The topological polar surface area (TPSA) is 66.4 Å². The largest absolute Gasteiger partial charge is 0.478 e. The summed E-state index contributed by atoms with van der Waals surface area (Å²) in [6.45, 7) is 3.51. The van der Waals surface area contributed by atoms with Crippen LogP contribution in [0.4, 0.5) is 5.69 Å². The first-order chi connectivity index (χ1) is 8.02. The van der Waals surface area contributed by atoms with Gasteiger partial charge in [-0.3, -0.25) is 4.79 Å². The van der Waals surface area contributed by atoms with Crippen LogP contribution in [0.5, 0.6) is 0 Å². The molecule has 0 spiro atoms. The fourth-order valence-corrected chi connectivity index (χ4v) is 1.30. The molecule has 0 aromatic heterocycles. The smallest absolute Gasteiger partial charge is 0.328 e. The van der Waals surface area contributed by atoms with E-state index < -0.39 is 11.9 Å². The van der Waals surface area contributed by atoms with Gasteiger partial charge in [0.05, 0.1) is 0 Å². The van der Waals surface area contributed by atoms with Crippen LogP contribution in [-0.2, 0) is 16.0 Å². The van der Waals surface area contributed by atoms with Crippen molar-refractivity contribution in [2.45, 2.75) is 20.3 Å². The lowest BCUT2D eigenvalue weighted by Crippen LogP contribution is -2.13. The Bertz CT molecular complexity index is 446. The van der Waals surface area contributed by atoms with E-state index in [9.17, 15) is 9.59 Å². The highest BCUT2D eigenvalue weighted by molar-refractivity contribution is 6.06. The predicted octanol–water partition coefficient (Wildman–Crippen LogP) is 2.22. The van der Waals surface area contributed by atoms with Crippen LogP contribution in [0.15, 0.2) is 35.9 Å². The van der Waals surface area contributed by atoms with Gasteiger partial charge in [0, 0.05) is 17.3 Å². The van der Waals surface area contributed by atoms with Gasteiger partial charge in [-0.05, 0) is 31.0 Å². The summed E-state index contributed by atoms with van der Waals surface area (Å²) in [6, 6.07) is 7.44. The zero-order valence-corrected chi connectivity index (χ0v) is 9.86. The highest BCUT2D eigenvalue weighted by Crippen LogP contribution is 2.11. The third kappa shape index (κ3) is 4.10. The molecule has 0 atom stereocenters. The van der Waals surface area contributed by atoms with Gasteiger partial charge in [0.1, 0.15) is 0 Å². The molecule has 17 heavy (non-hydrogen) atoms. The van der Waals surface area contributed by atoms with Crippen molar-refractivity contribution in [2.24, 2.45) is 0 Å². The van der Waals surface area contributed by atoms with Gasteiger partial charge in [-0.1, -0.05) is 19.1 Å². The van der Waals surface area contributed by atoms with Crippen molar-refractivity contribution in [3.8, 4) is 0 Å². The second kappa shape index (κ2) is 5.84. The Balaban J connectivity index is 2.71.